The topological polar surface area (TPSA) is 35.5 Å². The Balaban J connectivity index is 2.78. The predicted octanol–water partition coefficient (Wildman–Crippen LogP) is 2.63. The minimum absolute atomic E-state index is 0.0424. The van der Waals surface area contributed by atoms with Gasteiger partial charge in [0.05, 0.1) is 12.5 Å². The van der Waals surface area contributed by atoms with Crippen molar-refractivity contribution in [3.8, 4) is 5.75 Å². The molecule has 0 amide bonds. The largest absolute Gasteiger partial charge is 0.475 e. The zero-order valence-electron chi connectivity index (χ0n) is 9.40. The zero-order valence-corrected chi connectivity index (χ0v) is 10.2. The number of benzene rings is 1. The SMILES string of the molecule is CCOC(=O)C(C)(CCl)Oc1ccccc1. The van der Waals surface area contributed by atoms with E-state index in [0.29, 0.717) is 12.4 Å². The van der Waals surface area contributed by atoms with Crippen molar-refractivity contribution in [2.45, 2.75) is 19.4 Å². The molecular weight excluding hydrogens is 228 g/mol. The van der Waals surface area contributed by atoms with Crippen molar-refractivity contribution >= 4 is 17.6 Å². The van der Waals surface area contributed by atoms with Gasteiger partial charge in [-0.2, -0.15) is 0 Å². The highest BCUT2D eigenvalue weighted by molar-refractivity contribution is 6.20. The normalized spacial score (nSPS) is 13.9. The van der Waals surface area contributed by atoms with Crippen LogP contribution in [-0.2, 0) is 9.53 Å². The molecule has 0 heterocycles. The van der Waals surface area contributed by atoms with Gasteiger partial charge in [-0.05, 0) is 26.0 Å². The number of halogens is 1. The van der Waals surface area contributed by atoms with Crippen LogP contribution in [0.5, 0.6) is 5.75 Å². The molecule has 1 atom stereocenters. The number of rotatable bonds is 5. The second-order valence-electron chi connectivity index (χ2n) is 3.50. The molecule has 16 heavy (non-hydrogen) atoms. The van der Waals surface area contributed by atoms with Crippen molar-refractivity contribution in [3.05, 3.63) is 30.3 Å². The van der Waals surface area contributed by atoms with Crippen LogP contribution in [0, 0.1) is 0 Å². The van der Waals surface area contributed by atoms with Gasteiger partial charge in [-0.15, -0.1) is 11.6 Å². The van der Waals surface area contributed by atoms with Gasteiger partial charge in [0.2, 0.25) is 5.60 Å². The summed E-state index contributed by atoms with van der Waals surface area (Å²) in [4.78, 5) is 11.7. The van der Waals surface area contributed by atoms with Crippen molar-refractivity contribution in [3.63, 3.8) is 0 Å². The summed E-state index contributed by atoms with van der Waals surface area (Å²) in [5.41, 5.74) is -1.14. The van der Waals surface area contributed by atoms with Crippen LogP contribution >= 0.6 is 11.6 Å². The van der Waals surface area contributed by atoms with Crippen LogP contribution in [0.1, 0.15) is 13.8 Å². The lowest BCUT2D eigenvalue weighted by Crippen LogP contribution is -2.44. The van der Waals surface area contributed by atoms with Crippen molar-refractivity contribution < 1.29 is 14.3 Å². The molecule has 1 rings (SSSR count). The first kappa shape index (κ1) is 12.8. The van der Waals surface area contributed by atoms with Crippen LogP contribution in [-0.4, -0.2) is 24.1 Å². The molecule has 3 nitrogen and oxygen atoms in total. The molecule has 0 radical (unpaired) electrons. The molecule has 0 aliphatic rings. The Labute approximate surface area is 100 Å². The molecule has 0 aliphatic carbocycles. The molecule has 0 aliphatic heterocycles. The molecule has 0 spiro atoms. The van der Waals surface area contributed by atoms with E-state index >= 15 is 0 Å². The highest BCUT2D eigenvalue weighted by Crippen LogP contribution is 2.20. The summed E-state index contributed by atoms with van der Waals surface area (Å²) in [7, 11) is 0. The van der Waals surface area contributed by atoms with Gasteiger partial charge in [-0.25, -0.2) is 4.79 Å². The van der Waals surface area contributed by atoms with Gasteiger partial charge < -0.3 is 9.47 Å². The quantitative estimate of drug-likeness (QED) is 0.588. The fourth-order valence-electron chi connectivity index (χ4n) is 1.16. The molecule has 1 aromatic carbocycles. The standard InChI is InChI=1S/C12H15ClO3/c1-3-15-11(14)12(2,9-13)16-10-7-5-4-6-8-10/h4-8H,3,9H2,1-2H3. The van der Waals surface area contributed by atoms with Crippen molar-refractivity contribution in [2.75, 3.05) is 12.5 Å². The molecule has 0 fully saturated rings. The number of esters is 1. The maximum absolute atomic E-state index is 11.7. The van der Waals surface area contributed by atoms with Crippen LogP contribution in [0.15, 0.2) is 30.3 Å². The number of hydrogen-bond acceptors (Lipinski definition) is 3. The molecular formula is C12H15ClO3. The molecule has 0 aromatic heterocycles. The average molecular weight is 243 g/mol. The van der Waals surface area contributed by atoms with E-state index in [1.54, 1.807) is 26.0 Å². The van der Waals surface area contributed by atoms with Gasteiger partial charge >= 0.3 is 5.97 Å². The van der Waals surface area contributed by atoms with Crippen LogP contribution in [0.2, 0.25) is 0 Å². The molecule has 0 N–H and O–H groups in total. The Morgan fingerprint density at radius 1 is 1.38 bits per heavy atom. The highest BCUT2D eigenvalue weighted by atomic mass is 35.5. The lowest BCUT2D eigenvalue weighted by Gasteiger charge is -2.26. The summed E-state index contributed by atoms with van der Waals surface area (Å²) >= 11 is 5.76. The molecule has 0 saturated carbocycles. The van der Waals surface area contributed by atoms with Crippen LogP contribution in [0.25, 0.3) is 0 Å². The predicted molar refractivity (Wildman–Crippen MR) is 62.8 cm³/mol. The lowest BCUT2D eigenvalue weighted by atomic mass is 10.1. The van der Waals surface area contributed by atoms with Crippen LogP contribution < -0.4 is 4.74 Å². The molecule has 1 aromatic rings. The number of para-hydroxylation sites is 1. The van der Waals surface area contributed by atoms with Crippen LogP contribution in [0.3, 0.4) is 0 Å². The Morgan fingerprint density at radius 2 is 2.00 bits per heavy atom. The van der Waals surface area contributed by atoms with E-state index in [1.807, 2.05) is 18.2 Å². The summed E-state index contributed by atoms with van der Waals surface area (Å²) in [6, 6.07) is 9.06. The van der Waals surface area contributed by atoms with E-state index in [1.165, 1.54) is 0 Å². The maximum atomic E-state index is 11.7. The van der Waals surface area contributed by atoms with E-state index < -0.39 is 11.6 Å². The first-order valence-corrected chi connectivity index (χ1v) is 5.63. The van der Waals surface area contributed by atoms with Gasteiger partial charge in [0.1, 0.15) is 5.75 Å². The highest BCUT2D eigenvalue weighted by Gasteiger charge is 2.36. The lowest BCUT2D eigenvalue weighted by molar-refractivity contribution is -0.158. The third-order valence-corrected chi connectivity index (χ3v) is 2.56. The number of alkyl halides is 1. The van der Waals surface area contributed by atoms with Crippen molar-refractivity contribution in [1.29, 1.82) is 0 Å². The number of hydrogen-bond donors (Lipinski definition) is 0. The van der Waals surface area contributed by atoms with Crippen molar-refractivity contribution in [2.24, 2.45) is 0 Å². The Kier molecular flexibility index (Phi) is 4.62. The van der Waals surface area contributed by atoms with Crippen molar-refractivity contribution in [1.82, 2.24) is 0 Å². The summed E-state index contributed by atoms with van der Waals surface area (Å²) in [5.74, 6) is 0.188. The summed E-state index contributed by atoms with van der Waals surface area (Å²) in [5, 5.41) is 0. The first-order valence-electron chi connectivity index (χ1n) is 5.09. The number of carbonyl (C=O) groups is 1. The maximum Gasteiger partial charge on any atom is 0.351 e. The first-order chi connectivity index (χ1) is 7.62. The van der Waals surface area contributed by atoms with E-state index in [9.17, 15) is 4.79 Å². The minimum Gasteiger partial charge on any atom is -0.475 e. The second kappa shape index (κ2) is 5.75. The van der Waals surface area contributed by atoms with E-state index in [0.717, 1.165) is 0 Å². The Morgan fingerprint density at radius 3 is 2.50 bits per heavy atom. The fraction of sp³-hybridized carbons (Fsp3) is 0.417. The number of ether oxygens (including phenoxy) is 2. The molecule has 0 bridgehead atoms. The fourth-order valence-corrected chi connectivity index (χ4v) is 1.32. The van der Waals surface area contributed by atoms with Crippen LogP contribution in [0.4, 0.5) is 0 Å². The Hall–Kier alpha value is -1.22. The van der Waals surface area contributed by atoms with E-state index in [4.69, 9.17) is 21.1 Å². The number of carbonyl (C=O) groups excluding carboxylic acids is 1. The molecule has 88 valence electrons. The third-order valence-electron chi connectivity index (χ3n) is 2.05. The summed E-state index contributed by atoms with van der Waals surface area (Å²) in [6.45, 7) is 3.67. The van der Waals surface area contributed by atoms with Gasteiger partial charge in [-0.3, -0.25) is 0 Å². The average Bonchev–Trinajstić information content (AvgIpc) is 2.30. The molecule has 4 heteroatoms. The summed E-state index contributed by atoms with van der Waals surface area (Å²) < 4.78 is 10.5. The van der Waals surface area contributed by atoms with Gasteiger partial charge in [0.15, 0.2) is 0 Å². The van der Waals surface area contributed by atoms with E-state index in [-0.39, 0.29) is 5.88 Å². The molecule has 0 saturated heterocycles. The Bertz CT molecular complexity index is 339. The monoisotopic (exact) mass is 242 g/mol. The minimum atomic E-state index is -1.14. The third kappa shape index (κ3) is 3.14. The van der Waals surface area contributed by atoms with Gasteiger partial charge in [0.25, 0.3) is 0 Å². The smallest absolute Gasteiger partial charge is 0.351 e. The van der Waals surface area contributed by atoms with E-state index in [2.05, 4.69) is 0 Å². The summed E-state index contributed by atoms with van der Waals surface area (Å²) in [6.07, 6.45) is 0. The second-order valence-corrected chi connectivity index (χ2v) is 3.77. The molecule has 1 unspecified atom stereocenters. The zero-order chi connectivity index (χ0) is 12.0. The van der Waals surface area contributed by atoms with Gasteiger partial charge in [0, 0.05) is 0 Å². The van der Waals surface area contributed by atoms with Gasteiger partial charge in [-0.1, -0.05) is 18.2 Å².